The van der Waals surface area contributed by atoms with E-state index in [0.717, 1.165) is 5.56 Å². The minimum absolute atomic E-state index is 0.171. The van der Waals surface area contributed by atoms with Crippen LogP contribution in [0.3, 0.4) is 0 Å². The fourth-order valence-electron chi connectivity index (χ4n) is 1.81. The van der Waals surface area contributed by atoms with Crippen molar-refractivity contribution in [3.63, 3.8) is 0 Å². The van der Waals surface area contributed by atoms with Crippen LogP contribution in [0.15, 0.2) is 30.6 Å². The number of hydrogen-bond acceptors (Lipinski definition) is 4. The summed E-state index contributed by atoms with van der Waals surface area (Å²) in [6, 6.07) is 4.94. The van der Waals surface area contributed by atoms with E-state index in [-0.39, 0.29) is 11.9 Å². The maximum absolute atomic E-state index is 12.2. The number of nitrogen functional groups attached to an aromatic ring is 1. The second-order valence-electron chi connectivity index (χ2n) is 4.15. The van der Waals surface area contributed by atoms with Gasteiger partial charge in [-0.05, 0) is 19.1 Å². The molecule has 1 atom stereocenters. The maximum Gasteiger partial charge on any atom is 0.257 e. The Morgan fingerprint density at radius 1 is 1.53 bits per heavy atom. The van der Waals surface area contributed by atoms with Crippen LogP contribution in [0.1, 0.15) is 28.9 Å². The highest BCUT2D eigenvalue weighted by molar-refractivity contribution is 6.02. The molecule has 0 radical (unpaired) electrons. The molecule has 1 aromatic carbocycles. The van der Waals surface area contributed by atoms with Gasteiger partial charge in [-0.2, -0.15) is 5.10 Å². The number of carbonyl (C=O) groups is 1. The molecule has 0 saturated heterocycles. The lowest BCUT2D eigenvalue weighted by Gasteiger charge is -2.15. The van der Waals surface area contributed by atoms with Crippen LogP contribution in [-0.2, 0) is 0 Å². The van der Waals surface area contributed by atoms with Crippen molar-refractivity contribution < 1.29 is 9.53 Å². The van der Waals surface area contributed by atoms with Gasteiger partial charge in [0.2, 0.25) is 0 Å². The Bertz CT molecular complexity index is 566. The van der Waals surface area contributed by atoms with Crippen LogP contribution in [0, 0.1) is 0 Å². The number of rotatable bonds is 4. The summed E-state index contributed by atoms with van der Waals surface area (Å²) < 4.78 is 5.16. The first-order valence-electron chi connectivity index (χ1n) is 5.85. The lowest BCUT2D eigenvalue weighted by atomic mass is 10.1. The van der Waals surface area contributed by atoms with Gasteiger partial charge >= 0.3 is 0 Å². The van der Waals surface area contributed by atoms with Crippen molar-refractivity contribution in [2.75, 3.05) is 12.8 Å². The number of aromatic nitrogens is 2. The minimum Gasteiger partial charge on any atom is -0.496 e. The number of H-pyrrole nitrogens is 1. The highest BCUT2D eigenvalue weighted by atomic mass is 16.5. The molecule has 1 aromatic heterocycles. The third-order valence-electron chi connectivity index (χ3n) is 2.87. The van der Waals surface area contributed by atoms with Crippen LogP contribution in [0.2, 0.25) is 0 Å². The Hall–Kier alpha value is -2.50. The van der Waals surface area contributed by atoms with Crippen molar-refractivity contribution >= 4 is 11.6 Å². The topological polar surface area (TPSA) is 93.0 Å². The predicted octanol–water partition coefficient (Wildman–Crippen LogP) is 1.49. The van der Waals surface area contributed by atoms with Crippen molar-refractivity contribution in [1.82, 2.24) is 15.5 Å². The molecular weight excluding hydrogens is 244 g/mol. The first kappa shape index (κ1) is 12.9. The number of methoxy groups -OCH3 is 1. The Labute approximate surface area is 111 Å². The minimum atomic E-state index is -0.274. The summed E-state index contributed by atoms with van der Waals surface area (Å²) in [5.74, 6) is 0.181. The van der Waals surface area contributed by atoms with Crippen molar-refractivity contribution in [2.45, 2.75) is 13.0 Å². The summed E-state index contributed by atoms with van der Waals surface area (Å²) in [4.78, 5) is 12.2. The molecule has 1 unspecified atom stereocenters. The zero-order valence-electron chi connectivity index (χ0n) is 10.8. The predicted molar refractivity (Wildman–Crippen MR) is 71.9 cm³/mol. The van der Waals surface area contributed by atoms with Crippen LogP contribution in [0.5, 0.6) is 5.75 Å². The van der Waals surface area contributed by atoms with Crippen molar-refractivity contribution in [1.29, 1.82) is 0 Å². The first-order valence-corrected chi connectivity index (χ1v) is 5.85. The molecule has 0 aliphatic rings. The normalized spacial score (nSPS) is 11.9. The lowest BCUT2D eigenvalue weighted by molar-refractivity contribution is 0.0938. The molecule has 0 spiro atoms. The summed E-state index contributed by atoms with van der Waals surface area (Å²) in [5, 5.41) is 9.41. The van der Waals surface area contributed by atoms with E-state index in [1.54, 1.807) is 30.6 Å². The summed E-state index contributed by atoms with van der Waals surface area (Å²) in [6.45, 7) is 1.87. The zero-order chi connectivity index (χ0) is 13.8. The first-order chi connectivity index (χ1) is 9.13. The van der Waals surface area contributed by atoms with E-state index in [1.165, 1.54) is 7.11 Å². The second-order valence-corrected chi connectivity index (χ2v) is 4.15. The second kappa shape index (κ2) is 5.43. The fourth-order valence-corrected chi connectivity index (χ4v) is 1.81. The molecule has 0 saturated carbocycles. The lowest BCUT2D eigenvalue weighted by Crippen LogP contribution is -2.27. The highest BCUT2D eigenvalue weighted by Gasteiger charge is 2.18. The third kappa shape index (κ3) is 2.67. The van der Waals surface area contributed by atoms with E-state index in [1.807, 2.05) is 6.92 Å². The van der Waals surface area contributed by atoms with Crippen molar-refractivity contribution in [3.8, 4) is 5.75 Å². The molecular formula is C13H16N4O2. The Kier molecular flexibility index (Phi) is 3.70. The standard InChI is InChI=1S/C13H16N4O2/c1-8(9-6-15-16-7-9)17-13(18)12-10(14)4-3-5-11(12)19-2/h3-8H,14H2,1-2H3,(H,15,16)(H,17,18). The van der Waals surface area contributed by atoms with Crippen molar-refractivity contribution in [2.24, 2.45) is 0 Å². The van der Waals surface area contributed by atoms with Crippen LogP contribution >= 0.6 is 0 Å². The van der Waals surface area contributed by atoms with Gasteiger partial charge in [-0.1, -0.05) is 6.07 Å². The van der Waals surface area contributed by atoms with Crippen LogP contribution in [0.25, 0.3) is 0 Å². The van der Waals surface area contributed by atoms with Crippen LogP contribution in [0.4, 0.5) is 5.69 Å². The van der Waals surface area contributed by atoms with Gasteiger partial charge in [-0.3, -0.25) is 9.89 Å². The van der Waals surface area contributed by atoms with E-state index < -0.39 is 0 Å². The van der Waals surface area contributed by atoms with Gasteiger partial charge in [0, 0.05) is 17.4 Å². The smallest absolute Gasteiger partial charge is 0.257 e. The van der Waals surface area contributed by atoms with E-state index in [4.69, 9.17) is 10.5 Å². The zero-order valence-corrected chi connectivity index (χ0v) is 10.8. The van der Waals surface area contributed by atoms with Crippen LogP contribution < -0.4 is 15.8 Å². The Balaban J connectivity index is 2.21. The van der Waals surface area contributed by atoms with Gasteiger partial charge in [0.15, 0.2) is 0 Å². The summed E-state index contributed by atoms with van der Waals surface area (Å²) in [6.07, 6.45) is 3.40. The number of carbonyl (C=O) groups excluding carboxylic acids is 1. The average Bonchev–Trinajstić information content (AvgIpc) is 2.92. The van der Waals surface area contributed by atoms with Crippen molar-refractivity contribution in [3.05, 3.63) is 41.7 Å². The number of hydrogen-bond donors (Lipinski definition) is 3. The number of nitrogens with zero attached hydrogens (tertiary/aromatic N) is 1. The number of amides is 1. The monoisotopic (exact) mass is 260 g/mol. The molecule has 1 amide bonds. The van der Waals surface area contributed by atoms with Gasteiger partial charge in [0.25, 0.3) is 5.91 Å². The Morgan fingerprint density at radius 3 is 2.95 bits per heavy atom. The molecule has 6 heteroatoms. The van der Waals surface area contributed by atoms with Gasteiger partial charge in [-0.25, -0.2) is 0 Å². The number of benzene rings is 1. The molecule has 2 aromatic rings. The van der Waals surface area contributed by atoms with Crippen LogP contribution in [-0.4, -0.2) is 23.2 Å². The molecule has 4 N–H and O–H groups in total. The highest BCUT2D eigenvalue weighted by Crippen LogP contribution is 2.24. The quantitative estimate of drug-likeness (QED) is 0.726. The SMILES string of the molecule is COc1cccc(N)c1C(=O)NC(C)c1cn[nH]c1. The summed E-state index contributed by atoms with van der Waals surface area (Å²) in [5.41, 5.74) is 7.46. The molecule has 100 valence electrons. The third-order valence-corrected chi connectivity index (χ3v) is 2.87. The summed E-state index contributed by atoms with van der Waals surface area (Å²) >= 11 is 0. The molecule has 0 aliphatic carbocycles. The molecule has 19 heavy (non-hydrogen) atoms. The van der Waals surface area contributed by atoms with E-state index >= 15 is 0 Å². The van der Waals surface area contributed by atoms with Gasteiger partial charge < -0.3 is 15.8 Å². The van der Waals surface area contributed by atoms with E-state index in [0.29, 0.717) is 17.0 Å². The van der Waals surface area contributed by atoms with E-state index in [2.05, 4.69) is 15.5 Å². The molecule has 2 rings (SSSR count). The molecule has 6 nitrogen and oxygen atoms in total. The molecule has 0 fully saturated rings. The molecule has 0 aliphatic heterocycles. The number of ether oxygens (including phenoxy) is 1. The fraction of sp³-hybridized carbons (Fsp3) is 0.231. The number of nitrogens with two attached hydrogens (primary N) is 1. The number of nitrogens with one attached hydrogen (secondary N) is 2. The molecule has 1 heterocycles. The average molecular weight is 260 g/mol. The largest absolute Gasteiger partial charge is 0.496 e. The number of anilines is 1. The van der Waals surface area contributed by atoms with Gasteiger partial charge in [0.05, 0.1) is 19.3 Å². The summed E-state index contributed by atoms with van der Waals surface area (Å²) in [7, 11) is 1.51. The van der Waals surface area contributed by atoms with Gasteiger partial charge in [0.1, 0.15) is 11.3 Å². The van der Waals surface area contributed by atoms with Gasteiger partial charge in [-0.15, -0.1) is 0 Å². The number of aromatic amines is 1. The molecule has 0 bridgehead atoms. The maximum atomic E-state index is 12.2. The Morgan fingerprint density at radius 2 is 2.32 bits per heavy atom. The van der Waals surface area contributed by atoms with E-state index in [9.17, 15) is 4.79 Å².